The van der Waals surface area contributed by atoms with E-state index in [0.717, 1.165) is 12.2 Å². The highest BCUT2D eigenvalue weighted by molar-refractivity contribution is 6.30. The molecule has 1 fully saturated rings. The largest absolute Gasteiger partial charge is 0.337 e. The van der Waals surface area contributed by atoms with E-state index in [1.165, 1.54) is 6.07 Å². The molecule has 0 aliphatic carbocycles. The molecule has 1 aromatic carbocycles. The number of hydrogen-bond donors (Lipinski definition) is 0. The fraction of sp³-hybridized carbons (Fsp3) is 0.364. The van der Waals surface area contributed by atoms with E-state index in [9.17, 15) is 9.18 Å². The lowest BCUT2D eigenvalue weighted by Crippen LogP contribution is -2.49. The number of benzene rings is 1. The zero-order chi connectivity index (χ0) is 22.2. The van der Waals surface area contributed by atoms with E-state index in [-0.39, 0.29) is 5.91 Å². The normalized spacial score (nSPS) is 16.8. The number of anilines is 1. The van der Waals surface area contributed by atoms with Crippen molar-refractivity contribution in [2.45, 2.75) is 13.1 Å². The van der Waals surface area contributed by atoms with Gasteiger partial charge in [0.15, 0.2) is 5.69 Å². The Labute approximate surface area is 190 Å². The molecule has 1 saturated heterocycles. The van der Waals surface area contributed by atoms with Crippen LogP contribution in [0, 0.1) is 5.82 Å². The number of hydrogen-bond acceptors (Lipinski definition) is 6. The van der Waals surface area contributed by atoms with Crippen molar-refractivity contribution in [3.05, 3.63) is 58.9 Å². The van der Waals surface area contributed by atoms with Gasteiger partial charge < -0.3 is 14.4 Å². The fourth-order valence-corrected chi connectivity index (χ4v) is 4.41. The van der Waals surface area contributed by atoms with Crippen molar-refractivity contribution in [1.82, 2.24) is 29.3 Å². The van der Waals surface area contributed by atoms with Gasteiger partial charge in [0.05, 0.1) is 11.3 Å². The molecule has 2 aliphatic heterocycles. The van der Waals surface area contributed by atoms with Crippen molar-refractivity contribution in [1.29, 1.82) is 0 Å². The highest BCUT2D eigenvalue weighted by Gasteiger charge is 2.32. The summed E-state index contributed by atoms with van der Waals surface area (Å²) in [5, 5.41) is 0.327. The first-order valence-electron chi connectivity index (χ1n) is 10.6. The second-order valence-electron chi connectivity index (χ2n) is 8.07. The van der Waals surface area contributed by atoms with Gasteiger partial charge in [-0.25, -0.2) is 19.3 Å². The van der Waals surface area contributed by atoms with E-state index >= 15 is 0 Å². The third kappa shape index (κ3) is 3.82. The summed E-state index contributed by atoms with van der Waals surface area (Å²) >= 11 is 5.93. The summed E-state index contributed by atoms with van der Waals surface area (Å²) < 4.78 is 16.7. The summed E-state index contributed by atoms with van der Waals surface area (Å²) in [6.07, 6.45) is 3.43. The van der Waals surface area contributed by atoms with Gasteiger partial charge in [-0.15, -0.1) is 0 Å². The molecule has 10 heteroatoms. The number of amides is 1. The average molecular weight is 456 g/mol. The van der Waals surface area contributed by atoms with Gasteiger partial charge in [0.2, 0.25) is 5.95 Å². The van der Waals surface area contributed by atoms with E-state index < -0.39 is 5.82 Å². The third-order valence-electron chi connectivity index (χ3n) is 5.97. The van der Waals surface area contributed by atoms with E-state index in [0.29, 0.717) is 67.3 Å². The number of imidazole rings is 1. The molecule has 166 valence electrons. The van der Waals surface area contributed by atoms with Crippen LogP contribution < -0.4 is 4.90 Å². The minimum atomic E-state index is -0.445. The number of likely N-dealkylation sites (N-methyl/N-ethyl adjacent to an activating group) is 1. The molecule has 8 nitrogen and oxygen atoms in total. The van der Waals surface area contributed by atoms with E-state index in [1.807, 2.05) is 11.6 Å². The van der Waals surface area contributed by atoms with Gasteiger partial charge in [-0.05, 0) is 31.3 Å². The van der Waals surface area contributed by atoms with Crippen molar-refractivity contribution >= 4 is 23.5 Å². The average Bonchev–Trinajstić information content (AvgIpc) is 3.17. The van der Waals surface area contributed by atoms with Crippen molar-refractivity contribution in [2.75, 3.05) is 44.7 Å². The number of carbonyl (C=O) groups is 1. The number of piperazine rings is 1. The summed E-state index contributed by atoms with van der Waals surface area (Å²) in [5.41, 5.74) is 1.57. The summed E-state index contributed by atoms with van der Waals surface area (Å²) in [5.74, 6) is 0.570. The first kappa shape index (κ1) is 20.8. The number of rotatable bonds is 3. The van der Waals surface area contributed by atoms with E-state index in [4.69, 9.17) is 11.6 Å². The lowest BCUT2D eigenvalue weighted by atomic mass is 10.2. The summed E-state index contributed by atoms with van der Waals surface area (Å²) in [4.78, 5) is 32.7. The Hall–Kier alpha value is -3.04. The molecule has 4 heterocycles. The molecule has 0 atom stereocenters. The van der Waals surface area contributed by atoms with Gasteiger partial charge in [0, 0.05) is 63.2 Å². The van der Waals surface area contributed by atoms with Crippen molar-refractivity contribution in [3.63, 3.8) is 0 Å². The molecule has 0 radical (unpaired) electrons. The first-order valence-corrected chi connectivity index (χ1v) is 10.9. The van der Waals surface area contributed by atoms with Gasteiger partial charge in [-0.2, -0.15) is 0 Å². The zero-order valence-corrected chi connectivity index (χ0v) is 18.5. The zero-order valence-electron chi connectivity index (χ0n) is 17.7. The standard InChI is InChI=1S/C22H23ClFN7O/c1-28-7-12-31-18(14-28)19(27-20(31)16-4-3-15(23)13-17(16)24)21(32)29-8-10-30(11-9-29)22-25-5-2-6-26-22/h2-6,13H,7-12,14H2,1H3. The molecule has 32 heavy (non-hydrogen) atoms. The third-order valence-corrected chi connectivity index (χ3v) is 6.21. The van der Waals surface area contributed by atoms with Crippen LogP contribution in [0.5, 0.6) is 0 Å². The van der Waals surface area contributed by atoms with Crippen molar-refractivity contribution in [3.8, 4) is 11.4 Å². The molecule has 0 N–H and O–H groups in total. The van der Waals surface area contributed by atoms with E-state index in [2.05, 4.69) is 24.8 Å². The number of nitrogens with zero attached hydrogens (tertiary/aromatic N) is 7. The number of halogens is 2. The molecule has 0 bridgehead atoms. The Bertz CT molecular complexity index is 1140. The van der Waals surface area contributed by atoms with Gasteiger partial charge in [0.25, 0.3) is 5.91 Å². The second-order valence-corrected chi connectivity index (χ2v) is 8.51. The number of fused-ring (bicyclic) bond motifs is 1. The van der Waals surface area contributed by atoms with Crippen molar-refractivity contribution in [2.24, 2.45) is 0 Å². The molecule has 1 amide bonds. The maximum absolute atomic E-state index is 14.7. The summed E-state index contributed by atoms with van der Waals surface area (Å²) in [6.45, 7) is 4.40. The second kappa shape index (κ2) is 8.48. The molecule has 2 aromatic heterocycles. The van der Waals surface area contributed by atoms with Gasteiger partial charge in [0.1, 0.15) is 11.6 Å². The highest BCUT2D eigenvalue weighted by Crippen LogP contribution is 2.30. The smallest absolute Gasteiger partial charge is 0.274 e. The Morgan fingerprint density at radius 2 is 1.81 bits per heavy atom. The number of aromatic nitrogens is 4. The van der Waals surface area contributed by atoms with Crippen LogP contribution in [-0.4, -0.2) is 75.0 Å². The van der Waals surface area contributed by atoms with Crippen LogP contribution in [0.1, 0.15) is 16.2 Å². The van der Waals surface area contributed by atoms with Crippen LogP contribution in [0.3, 0.4) is 0 Å². The summed E-state index contributed by atoms with van der Waals surface area (Å²) in [7, 11) is 2.01. The molecule has 3 aromatic rings. The Morgan fingerprint density at radius 3 is 2.53 bits per heavy atom. The molecule has 0 saturated carbocycles. The Morgan fingerprint density at radius 1 is 1.06 bits per heavy atom. The highest BCUT2D eigenvalue weighted by atomic mass is 35.5. The lowest BCUT2D eigenvalue weighted by Gasteiger charge is -2.34. The minimum Gasteiger partial charge on any atom is -0.337 e. The van der Waals surface area contributed by atoms with E-state index in [1.54, 1.807) is 35.5 Å². The molecule has 0 unspecified atom stereocenters. The van der Waals surface area contributed by atoms with Crippen LogP contribution in [0.25, 0.3) is 11.4 Å². The predicted octanol–water partition coefficient (Wildman–Crippen LogP) is 2.54. The molecular weight excluding hydrogens is 433 g/mol. The fourth-order valence-electron chi connectivity index (χ4n) is 4.25. The maximum atomic E-state index is 14.7. The molecule has 2 aliphatic rings. The van der Waals surface area contributed by atoms with Crippen LogP contribution in [-0.2, 0) is 13.1 Å². The summed E-state index contributed by atoms with van der Waals surface area (Å²) in [6, 6.07) is 6.32. The van der Waals surface area contributed by atoms with Crippen molar-refractivity contribution < 1.29 is 9.18 Å². The minimum absolute atomic E-state index is 0.127. The Kier molecular flexibility index (Phi) is 5.52. The lowest BCUT2D eigenvalue weighted by molar-refractivity contribution is 0.0737. The molecular formula is C22H23ClFN7O. The van der Waals surface area contributed by atoms with Crippen LogP contribution in [0.15, 0.2) is 36.7 Å². The molecule has 0 spiro atoms. The van der Waals surface area contributed by atoms with Gasteiger partial charge in [-0.3, -0.25) is 9.69 Å². The van der Waals surface area contributed by atoms with Gasteiger partial charge in [-0.1, -0.05) is 11.6 Å². The SMILES string of the molecule is CN1CCn2c(-c3ccc(Cl)cc3F)nc(C(=O)N3CCN(c4ncccn4)CC3)c2C1. The van der Waals surface area contributed by atoms with Crippen LogP contribution in [0.4, 0.5) is 10.3 Å². The Balaban J connectivity index is 1.43. The predicted molar refractivity (Wildman–Crippen MR) is 119 cm³/mol. The molecule has 5 rings (SSSR count). The van der Waals surface area contributed by atoms with Crippen LogP contribution in [0.2, 0.25) is 5.02 Å². The van der Waals surface area contributed by atoms with Gasteiger partial charge >= 0.3 is 0 Å². The quantitative estimate of drug-likeness (QED) is 0.604. The topological polar surface area (TPSA) is 70.4 Å². The maximum Gasteiger partial charge on any atom is 0.274 e. The first-order chi connectivity index (χ1) is 15.5. The van der Waals surface area contributed by atoms with Crippen LogP contribution >= 0.6 is 11.6 Å². The monoisotopic (exact) mass is 455 g/mol. The number of carbonyl (C=O) groups excluding carboxylic acids is 1.